The molecule has 0 amide bonds. The van der Waals surface area contributed by atoms with Gasteiger partial charge < -0.3 is 5.11 Å². The van der Waals surface area contributed by atoms with Crippen molar-refractivity contribution in [2.75, 3.05) is 0 Å². The Morgan fingerprint density at radius 2 is 1.56 bits per heavy atom. The summed E-state index contributed by atoms with van der Waals surface area (Å²) in [7, 11) is 0. The first-order valence-corrected chi connectivity index (χ1v) is 6.37. The summed E-state index contributed by atoms with van der Waals surface area (Å²) in [5.41, 5.74) is 0.185. The lowest BCUT2D eigenvalue weighted by Crippen LogP contribution is -1.96. The number of hydrogen-bond acceptors (Lipinski definition) is 1. The SMILES string of the molecule is O=C(O)C(F)=Cc1c(Cl)c(Cl)c(CCl)c(Cl)c1Cl. The Bertz CT molecular complexity index is 513. The lowest BCUT2D eigenvalue weighted by Gasteiger charge is -2.11. The van der Waals surface area contributed by atoms with E-state index in [0.29, 0.717) is 11.6 Å². The van der Waals surface area contributed by atoms with Crippen molar-refractivity contribution < 1.29 is 14.3 Å². The van der Waals surface area contributed by atoms with Gasteiger partial charge in [0.05, 0.1) is 26.0 Å². The first kappa shape index (κ1) is 15.9. The standard InChI is InChI=1S/C10H4Cl5FO2/c11-2-4-8(14)6(12)3(7(13)9(4)15)1-5(16)10(17)18/h1H,2H2,(H,17,18). The molecule has 0 unspecified atom stereocenters. The molecule has 0 spiro atoms. The normalized spacial score (nSPS) is 11.8. The Hall–Kier alpha value is -0.190. The summed E-state index contributed by atoms with van der Waals surface area (Å²) in [4.78, 5) is 10.4. The number of carbonyl (C=O) groups is 1. The summed E-state index contributed by atoms with van der Waals surface area (Å²) in [6.45, 7) is 0. The minimum Gasteiger partial charge on any atom is -0.476 e. The lowest BCUT2D eigenvalue weighted by molar-refractivity contribution is -0.134. The van der Waals surface area contributed by atoms with Crippen molar-refractivity contribution in [3.05, 3.63) is 37.0 Å². The number of carboxylic acid groups (broad SMARTS) is 1. The van der Waals surface area contributed by atoms with Crippen LogP contribution in [0.2, 0.25) is 20.1 Å². The molecule has 98 valence electrons. The van der Waals surface area contributed by atoms with Gasteiger partial charge in [-0.25, -0.2) is 4.79 Å². The van der Waals surface area contributed by atoms with E-state index >= 15 is 0 Å². The Labute approximate surface area is 127 Å². The zero-order chi connectivity index (χ0) is 14.0. The van der Waals surface area contributed by atoms with Gasteiger partial charge in [-0.1, -0.05) is 46.4 Å². The van der Waals surface area contributed by atoms with Crippen LogP contribution < -0.4 is 0 Å². The van der Waals surface area contributed by atoms with Gasteiger partial charge in [0.15, 0.2) is 0 Å². The Balaban J connectivity index is 3.57. The van der Waals surface area contributed by atoms with Gasteiger partial charge in [-0.05, 0) is 6.08 Å². The average Bonchev–Trinajstić information content (AvgIpc) is 2.32. The fourth-order valence-corrected chi connectivity index (χ4v) is 2.68. The van der Waals surface area contributed by atoms with Crippen molar-refractivity contribution in [3.8, 4) is 0 Å². The maximum Gasteiger partial charge on any atom is 0.364 e. The molecule has 0 radical (unpaired) electrons. The molecule has 0 aromatic heterocycles. The van der Waals surface area contributed by atoms with Crippen molar-refractivity contribution in [1.29, 1.82) is 0 Å². The molecule has 0 aliphatic rings. The van der Waals surface area contributed by atoms with Crippen LogP contribution in [0, 0.1) is 0 Å². The molecule has 18 heavy (non-hydrogen) atoms. The van der Waals surface area contributed by atoms with E-state index in [0.717, 1.165) is 0 Å². The maximum atomic E-state index is 13.0. The number of carboxylic acids is 1. The zero-order valence-electron chi connectivity index (χ0n) is 8.41. The molecule has 1 aromatic rings. The highest BCUT2D eigenvalue weighted by atomic mass is 35.5. The molecule has 1 rings (SSSR count). The minimum atomic E-state index is -1.75. The molecular weight excluding hydrogens is 348 g/mol. The Morgan fingerprint density at radius 3 is 1.89 bits per heavy atom. The van der Waals surface area contributed by atoms with Crippen LogP contribution in [0.3, 0.4) is 0 Å². The summed E-state index contributed by atoms with van der Waals surface area (Å²) in [6, 6.07) is 0. The molecule has 0 fully saturated rings. The molecule has 8 heteroatoms. The van der Waals surface area contributed by atoms with Gasteiger partial charge in [0, 0.05) is 11.1 Å². The fourth-order valence-electron chi connectivity index (χ4n) is 1.13. The van der Waals surface area contributed by atoms with E-state index in [9.17, 15) is 9.18 Å². The molecule has 1 N–H and O–H groups in total. The molecule has 0 heterocycles. The van der Waals surface area contributed by atoms with Gasteiger partial charge in [0.1, 0.15) is 0 Å². The average molecular weight is 352 g/mol. The summed E-state index contributed by atoms with van der Waals surface area (Å²) >= 11 is 29.1. The van der Waals surface area contributed by atoms with E-state index in [-0.39, 0.29) is 31.5 Å². The van der Waals surface area contributed by atoms with Crippen molar-refractivity contribution >= 4 is 70.1 Å². The second-order valence-corrected chi connectivity index (χ2v) is 4.86. The molecule has 0 saturated carbocycles. The third-order valence-corrected chi connectivity index (χ3v) is 4.08. The van der Waals surface area contributed by atoms with Crippen LogP contribution in [0.1, 0.15) is 11.1 Å². The molecule has 0 saturated heterocycles. The zero-order valence-corrected chi connectivity index (χ0v) is 12.2. The number of aliphatic carboxylic acids is 1. The fraction of sp³-hybridized carbons (Fsp3) is 0.100. The minimum absolute atomic E-state index is 0.00510. The number of alkyl halides is 1. The van der Waals surface area contributed by atoms with Crippen molar-refractivity contribution in [2.45, 2.75) is 5.88 Å². The smallest absolute Gasteiger partial charge is 0.364 e. The van der Waals surface area contributed by atoms with Crippen LogP contribution in [0.15, 0.2) is 5.83 Å². The summed E-state index contributed by atoms with van der Waals surface area (Å²) in [5.74, 6) is -3.23. The Morgan fingerprint density at radius 1 is 1.11 bits per heavy atom. The highest BCUT2D eigenvalue weighted by Crippen LogP contribution is 2.42. The first-order valence-electron chi connectivity index (χ1n) is 4.32. The molecule has 0 aliphatic heterocycles. The van der Waals surface area contributed by atoms with Gasteiger partial charge in [0.2, 0.25) is 5.83 Å². The van der Waals surface area contributed by atoms with Crippen molar-refractivity contribution in [1.82, 2.24) is 0 Å². The third-order valence-electron chi connectivity index (χ3n) is 2.00. The van der Waals surface area contributed by atoms with E-state index in [1.807, 2.05) is 0 Å². The topological polar surface area (TPSA) is 37.3 Å². The van der Waals surface area contributed by atoms with Crippen LogP contribution in [0.5, 0.6) is 0 Å². The van der Waals surface area contributed by atoms with E-state index in [1.54, 1.807) is 0 Å². The predicted molar refractivity (Wildman–Crippen MR) is 72.8 cm³/mol. The van der Waals surface area contributed by atoms with Crippen LogP contribution in [0.4, 0.5) is 4.39 Å². The van der Waals surface area contributed by atoms with Crippen LogP contribution in [-0.2, 0) is 10.7 Å². The predicted octanol–water partition coefficient (Wildman–Crippen LogP) is 5.43. The van der Waals surface area contributed by atoms with Crippen LogP contribution >= 0.6 is 58.0 Å². The third kappa shape index (κ3) is 3.03. The van der Waals surface area contributed by atoms with E-state index in [4.69, 9.17) is 63.1 Å². The largest absolute Gasteiger partial charge is 0.476 e. The van der Waals surface area contributed by atoms with Gasteiger partial charge in [0.25, 0.3) is 0 Å². The van der Waals surface area contributed by atoms with E-state index in [2.05, 4.69) is 0 Å². The molecule has 0 bridgehead atoms. The van der Waals surface area contributed by atoms with Gasteiger partial charge in [-0.2, -0.15) is 4.39 Å². The summed E-state index contributed by atoms with van der Waals surface area (Å²) < 4.78 is 13.0. The van der Waals surface area contributed by atoms with Gasteiger partial charge in [-0.15, -0.1) is 11.6 Å². The highest BCUT2D eigenvalue weighted by Gasteiger charge is 2.20. The van der Waals surface area contributed by atoms with Crippen LogP contribution in [-0.4, -0.2) is 11.1 Å². The first-order chi connectivity index (χ1) is 8.31. The Kier molecular flexibility index (Phi) is 5.56. The molecule has 2 nitrogen and oxygen atoms in total. The maximum absolute atomic E-state index is 13.0. The van der Waals surface area contributed by atoms with E-state index < -0.39 is 11.8 Å². The van der Waals surface area contributed by atoms with Crippen molar-refractivity contribution in [3.63, 3.8) is 0 Å². The number of halogens is 6. The molecule has 0 aliphatic carbocycles. The van der Waals surface area contributed by atoms with Crippen molar-refractivity contribution in [2.24, 2.45) is 0 Å². The second-order valence-electron chi connectivity index (χ2n) is 3.08. The molecule has 1 aromatic carbocycles. The summed E-state index contributed by atoms with van der Waals surface area (Å²) in [6.07, 6.45) is 0.642. The van der Waals surface area contributed by atoms with Gasteiger partial charge in [-0.3, -0.25) is 0 Å². The lowest BCUT2D eigenvalue weighted by atomic mass is 10.1. The molecule has 0 atom stereocenters. The van der Waals surface area contributed by atoms with Crippen LogP contribution in [0.25, 0.3) is 6.08 Å². The molecular formula is C10H4Cl5FO2. The monoisotopic (exact) mass is 350 g/mol. The quantitative estimate of drug-likeness (QED) is 0.447. The number of rotatable bonds is 3. The summed E-state index contributed by atoms with van der Waals surface area (Å²) in [5, 5.41) is 8.23. The van der Waals surface area contributed by atoms with E-state index in [1.165, 1.54) is 0 Å². The number of hydrogen-bond donors (Lipinski definition) is 1. The second kappa shape index (κ2) is 6.31. The number of benzene rings is 1. The van der Waals surface area contributed by atoms with Gasteiger partial charge >= 0.3 is 5.97 Å². The highest BCUT2D eigenvalue weighted by molar-refractivity contribution is 6.50.